The molecule has 0 aromatic carbocycles. The van der Waals surface area contributed by atoms with Crippen LogP contribution < -0.4 is 5.32 Å². The third kappa shape index (κ3) is 2.31. The summed E-state index contributed by atoms with van der Waals surface area (Å²) < 4.78 is 4.56. The second-order valence-corrected chi connectivity index (χ2v) is 3.73. The van der Waals surface area contributed by atoms with E-state index in [9.17, 15) is 4.79 Å². The smallest absolute Gasteiger partial charge is 0.349 e. The molecule has 84 valence electrons. The molecule has 2 N–H and O–H groups in total. The average Bonchev–Trinajstić information content (AvgIpc) is 2.96. The molecule has 0 amide bonds. The normalized spacial score (nSPS) is 10.1. The van der Waals surface area contributed by atoms with Crippen molar-refractivity contribution < 1.29 is 9.53 Å². The van der Waals surface area contributed by atoms with Crippen molar-refractivity contribution in [2.24, 2.45) is 0 Å². The molecule has 0 aliphatic carbocycles. The van der Waals surface area contributed by atoms with Crippen LogP contribution in [0.2, 0.25) is 0 Å². The number of carbonyl (C=O) groups is 1. The van der Waals surface area contributed by atoms with Gasteiger partial charge in [-0.3, -0.25) is 0 Å². The van der Waals surface area contributed by atoms with E-state index in [1.165, 1.54) is 24.6 Å². The zero-order valence-corrected chi connectivity index (χ0v) is 9.11. The van der Waals surface area contributed by atoms with E-state index in [2.05, 4.69) is 35.7 Å². The van der Waals surface area contributed by atoms with E-state index in [-0.39, 0.29) is 0 Å². The molecule has 0 bridgehead atoms. The predicted octanol–water partition coefficient (Wildman–Crippen LogP) is 0.0549. The molecule has 0 spiro atoms. The number of nitrogens with one attached hydrogen (secondary N) is 2. The molecule has 0 radical (unpaired) electrons. The molecule has 0 fully saturated rings. The van der Waals surface area contributed by atoms with Crippen molar-refractivity contribution in [3.05, 3.63) is 16.9 Å². The fourth-order valence-electron chi connectivity index (χ4n) is 0.963. The first-order valence-corrected chi connectivity index (χ1v) is 5.11. The first kappa shape index (κ1) is 10.5. The Hall–Kier alpha value is -2.03. The van der Waals surface area contributed by atoms with Gasteiger partial charge in [0.25, 0.3) is 0 Å². The number of hydrogen-bond acceptors (Lipinski definition) is 8. The van der Waals surface area contributed by atoms with Gasteiger partial charge in [0.15, 0.2) is 11.0 Å². The number of hydrogen-bond donors (Lipinski definition) is 2. The van der Waals surface area contributed by atoms with Crippen LogP contribution in [0.4, 0.5) is 5.13 Å². The van der Waals surface area contributed by atoms with Crippen molar-refractivity contribution in [3.63, 3.8) is 0 Å². The number of anilines is 1. The number of aromatic amines is 1. The highest BCUT2D eigenvalue weighted by Crippen LogP contribution is 2.18. The Morgan fingerprint density at radius 2 is 2.56 bits per heavy atom. The van der Waals surface area contributed by atoms with Gasteiger partial charge < -0.3 is 10.1 Å². The first-order chi connectivity index (χ1) is 7.79. The first-order valence-electron chi connectivity index (χ1n) is 4.30. The number of methoxy groups -OCH3 is 1. The minimum Gasteiger partial charge on any atom is -0.465 e. The molecule has 16 heavy (non-hydrogen) atoms. The molecule has 9 heteroatoms. The van der Waals surface area contributed by atoms with Crippen molar-refractivity contribution in [1.82, 2.24) is 25.6 Å². The van der Waals surface area contributed by atoms with Gasteiger partial charge in [-0.25, -0.2) is 9.78 Å². The van der Waals surface area contributed by atoms with Crippen LogP contribution in [0.3, 0.4) is 0 Å². The van der Waals surface area contributed by atoms with Crippen LogP contribution >= 0.6 is 11.3 Å². The Kier molecular flexibility index (Phi) is 3.05. The topological polar surface area (TPSA) is 106 Å². The highest BCUT2D eigenvalue weighted by atomic mass is 32.1. The summed E-state index contributed by atoms with van der Waals surface area (Å²) in [6.07, 6.45) is 1.45. The third-order valence-corrected chi connectivity index (χ3v) is 2.61. The van der Waals surface area contributed by atoms with Crippen LogP contribution in [0.1, 0.15) is 15.5 Å². The van der Waals surface area contributed by atoms with Crippen molar-refractivity contribution >= 4 is 22.4 Å². The van der Waals surface area contributed by atoms with Gasteiger partial charge in [-0.15, -0.1) is 10.2 Å². The number of esters is 1. The number of aromatic nitrogens is 5. The van der Waals surface area contributed by atoms with Gasteiger partial charge in [0, 0.05) is 0 Å². The van der Waals surface area contributed by atoms with E-state index in [0.717, 1.165) is 0 Å². The molecular weight excluding hydrogens is 232 g/mol. The molecule has 2 heterocycles. The third-order valence-electron chi connectivity index (χ3n) is 1.68. The number of tetrazole rings is 1. The summed E-state index contributed by atoms with van der Waals surface area (Å²) in [6, 6.07) is 0. The largest absolute Gasteiger partial charge is 0.465 e. The summed E-state index contributed by atoms with van der Waals surface area (Å²) >= 11 is 1.20. The fourth-order valence-corrected chi connectivity index (χ4v) is 1.69. The van der Waals surface area contributed by atoms with Gasteiger partial charge in [-0.1, -0.05) is 16.6 Å². The minimum atomic E-state index is -0.398. The monoisotopic (exact) mass is 240 g/mol. The molecule has 0 aliphatic heterocycles. The zero-order chi connectivity index (χ0) is 11.4. The van der Waals surface area contributed by atoms with E-state index in [1.807, 2.05) is 0 Å². The Labute approximate surface area is 94.0 Å². The average molecular weight is 240 g/mol. The lowest BCUT2D eigenvalue weighted by atomic mass is 10.6. The molecule has 0 atom stereocenters. The predicted molar refractivity (Wildman–Crippen MR) is 55.0 cm³/mol. The minimum absolute atomic E-state index is 0.393. The highest BCUT2D eigenvalue weighted by Gasteiger charge is 2.10. The highest BCUT2D eigenvalue weighted by molar-refractivity contribution is 7.17. The Balaban J connectivity index is 1.95. The lowest BCUT2D eigenvalue weighted by Gasteiger charge is -1.96. The molecule has 0 unspecified atom stereocenters. The van der Waals surface area contributed by atoms with E-state index >= 15 is 0 Å². The zero-order valence-electron chi connectivity index (χ0n) is 8.30. The Morgan fingerprint density at radius 1 is 1.69 bits per heavy atom. The molecular formula is C7H8N6O2S. The number of nitrogens with zero attached hydrogens (tertiary/aromatic N) is 4. The summed E-state index contributed by atoms with van der Waals surface area (Å²) in [6.45, 7) is 0.393. The fraction of sp³-hybridized carbons (Fsp3) is 0.286. The summed E-state index contributed by atoms with van der Waals surface area (Å²) in [4.78, 5) is 15.6. The molecule has 2 aromatic rings. The van der Waals surface area contributed by atoms with E-state index in [0.29, 0.717) is 22.4 Å². The summed E-state index contributed by atoms with van der Waals surface area (Å²) in [5.41, 5.74) is 0. The summed E-state index contributed by atoms with van der Waals surface area (Å²) in [5.74, 6) is 0.125. The second kappa shape index (κ2) is 4.66. The van der Waals surface area contributed by atoms with Crippen LogP contribution in [0.15, 0.2) is 6.20 Å². The number of carbonyl (C=O) groups excluding carboxylic acids is 1. The molecule has 8 nitrogen and oxygen atoms in total. The molecule has 2 rings (SSSR count). The van der Waals surface area contributed by atoms with Crippen molar-refractivity contribution in [2.75, 3.05) is 12.4 Å². The van der Waals surface area contributed by atoms with Gasteiger partial charge in [-0.05, 0) is 0 Å². The maximum absolute atomic E-state index is 11.1. The van der Waals surface area contributed by atoms with Gasteiger partial charge in [0.1, 0.15) is 4.88 Å². The van der Waals surface area contributed by atoms with Gasteiger partial charge in [-0.2, -0.15) is 5.21 Å². The van der Waals surface area contributed by atoms with Crippen molar-refractivity contribution in [1.29, 1.82) is 0 Å². The van der Waals surface area contributed by atoms with Crippen LogP contribution in [-0.2, 0) is 11.3 Å². The van der Waals surface area contributed by atoms with Crippen LogP contribution in [0.25, 0.3) is 0 Å². The Bertz CT molecular complexity index is 467. The van der Waals surface area contributed by atoms with Crippen LogP contribution in [-0.4, -0.2) is 38.7 Å². The Morgan fingerprint density at radius 3 is 3.25 bits per heavy atom. The van der Waals surface area contributed by atoms with Crippen molar-refractivity contribution in [2.45, 2.75) is 6.54 Å². The number of rotatable bonds is 4. The van der Waals surface area contributed by atoms with E-state index in [4.69, 9.17) is 0 Å². The molecule has 0 saturated carbocycles. The number of thiazole rings is 1. The summed E-state index contributed by atoms with van der Waals surface area (Å²) in [5, 5.41) is 16.8. The summed E-state index contributed by atoms with van der Waals surface area (Å²) in [7, 11) is 1.33. The SMILES string of the molecule is COC(=O)c1cnc(NCc2nn[nH]n2)s1. The maximum Gasteiger partial charge on any atom is 0.349 e. The molecule has 0 aliphatic rings. The standard InChI is InChI=1S/C7H8N6O2S/c1-15-6(14)4-2-8-7(16-4)9-3-5-10-12-13-11-5/h2H,3H2,1H3,(H,8,9)(H,10,11,12,13). The van der Waals surface area contributed by atoms with Crippen LogP contribution in [0.5, 0.6) is 0 Å². The number of ether oxygens (including phenoxy) is 1. The lowest BCUT2D eigenvalue weighted by Crippen LogP contribution is -2.00. The quantitative estimate of drug-likeness (QED) is 0.727. The van der Waals surface area contributed by atoms with Gasteiger partial charge in [0.2, 0.25) is 0 Å². The van der Waals surface area contributed by atoms with Crippen molar-refractivity contribution in [3.8, 4) is 0 Å². The maximum atomic E-state index is 11.1. The molecule has 0 saturated heterocycles. The molecule has 2 aromatic heterocycles. The second-order valence-electron chi connectivity index (χ2n) is 2.70. The van der Waals surface area contributed by atoms with E-state index in [1.54, 1.807) is 0 Å². The van der Waals surface area contributed by atoms with Crippen LogP contribution in [0, 0.1) is 0 Å². The number of H-pyrrole nitrogens is 1. The lowest BCUT2D eigenvalue weighted by molar-refractivity contribution is 0.0606. The van der Waals surface area contributed by atoms with E-state index < -0.39 is 5.97 Å². The van der Waals surface area contributed by atoms with Gasteiger partial charge >= 0.3 is 5.97 Å². The van der Waals surface area contributed by atoms with Gasteiger partial charge in [0.05, 0.1) is 19.9 Å².